The molecule has 2 aromatic carbocycles. The highest BCUT2D eigenvalue weighted by atomic mass is 35.5. The van der Waals surface area contributed by atoms with Gasteiger partial charge in [0.15, 0.2) is 5.76 Å². The third-order valence-corrected chi connectivity index (χ3v) is 4.77. The van der Waals surface area contributed by atoms with Crippen molar-refractivity contribution in [3.05, 3.63) is 63.3 Å². The lowest BCUT2D eigenvalue weighted by molar-refractivity contribution is 0.273. The smallest absolute Gasteiger partial charge is 0.151 e. The number of aliphatic hydroxyl groups excluding tert-OH is 1. The van der Waals surface area contributed by atoms with Crippen molar-refractivity contribution in [2.75, 3.05) is 6.61 Å². The highest BCUT2D eigenvalue weighted by Crippen LogP contribution is 2.30. The van der Waals surface area contributed by atoms with E-state index in [1.54, 1.807) is 18.2 Å². The minimum Gasteiger partial charge on any atom is -0.507 e. The number of hydrogen-bond donors (Lipinski definition) is 1. The lowest BCUT2D eigenvalue weighted by Crippen LogP contribution is -2.03. The number of aliphatic hydroxyl groups is 1. The van der Waals surface area contributed by atoms with Gasteiger partial charge in [0.25, 0.3) is 0 Å². The van der Waals surface area contributed by atoms with Crippen molar-refractivity contribution in [3.63, 3.8) is 0 Å². The van der Waals surface area contributed by atoms with E-state index < -0.39 is 0 Å². The second-order valence-electron chi connectivity index (χ2n) is 4.78. The Morgan fingerprint density at radius 3 is 2.79 bits per heavy atom. The molecular weight excluding hydrogens is 367 g/mol. The Bertz CT molecular complexity index is 943. The summed E-state index contributed by atoms with van der Waals surface area (Å²) in [5.74, 6) is 0.116. The molecule has 3 rings (SSSR count). The maximum absolute atomic E-state index is 10.2. The summed E-state index contributed by atoms with van der Waals surface area (Å²) in [5.41, 5.74) is 0.853. The Hall–Kier alpha value is -2.26. The Kier molecular flexibility index (Phi) is 4.91. The zero-order valence-electron chi connectivity index (χ0n) is 12.2. The average Bonchev–Trinajstić information content (AvgIpc) is 3.00. The molecule has 1 aromatic heterocycles. The summed E-state index contributed by atoms with van der Waals surface area (Å²) in [6.45, 7) is -0.209. The van der Waals surface area contributed by atoms with Gasteiger partial charge in [-0.2, -0.15) is 5.26 Å². The number of nitrogens with zero attached hydrogens (tertiary/aromatic N) is 2. The molecule has 1 N–H and O–H groups in total. The summed E-state index contributed by atoms with van der Waals surface area (Å²) in [4.78, 5) is 4.37. The van der Waals surface area contributed by atoms with E-state index in [0.717, 1.165) is 10.2 Å². The van der Waals surface area contributed by atoms with Crippen LogP contribution in [0.1, 0.15) is 5.01 Å². The number of thiazole rings is 1. The summed E-state index contributed by atoms with van der Waals surface area (Å²) < 4.78 is 6.40. The summed E-state index contributed by atoms with van der Waals surface area (Å²) in [6, 6.07) is 14.3. The number of hydrogen-bond acceptors (Lipinski definition) is 5. The number of benzene rings is 2. The van der Waals surface area contributed by atoms with Crippen LogP contribution in [0.25, 0.3) is 15.8 Å². The predicted molar refractivity (Wildman–Crippen MR) is 96.7 cm³/mol. The van der Waals surface area contributed by atoms with Crippen LogP contribution in [0.2, 0.25) is 10.0 Å². The van der Waals surface area contributed by atoms with Gasteiger partial charge in [0, 0.05) is 11.1 Å². The topological polar surface area (TPSA) is 66.1 Å². The molecule has 0 saturated carbocycles. The summed E-state index contributed by atoms with van der Waals surface area (Å²) >= 11 is 13.2. The van der Waals surface area contributed by atoms with Gasteiger partial charge in [-0.15, -0.1) is 11.3 Å². The van der Waals surface area contributed by atoms with Gasteiger partial charge in [-0.25, -0.2) is 4.98 Å². The van der Waals surface area contributed by atoms with E-state index in [2.05, 4.69) is 4.98 Å². The molecule has 0 aliphatic rings. The van der Waals surface area contributed by atoms with Gasteiger partial charge in [-0.1, -0.05) is 35.3 Å². The fraction of sp³-hybridized carbons (Fsp3) is 0.0588. The maximum atomic E-state index is 10.2. The van der Waals surface area contributed by atoms with Crippen molar-refractivity contribution in [1.82, 2.24) is 4.98 Å². The lowest BCUT2D eigenvalue weighted by Gasteiger charge is -2.08. The van der Waals surface area contributed by atoms with Crippen LogP contribution in [0.3, 0.4) is 0 Å². The van der Waals surface area contributed by atoms with E-state index in [9.17, 15) is 10.4 Å². The van der Waals surface area contributed by atoms with Crippen LogP contribution < -0.4 is 4.74 Å². The average molecular weight is 377 g/mol. The quantitative estimate of drug-likeness (QED) is 0.483. The van der Waals surface area contributed by atoms with Crippen molar-refractivity contribution in [1.29, 1.82) is 5.26 Å². The highest BCUT2D eigenvalue weighted by molar-refractivity contribution is 7.19. The molecule has 0 amide bonds. The number of ether oxygens (including phenoxy) is 1. The molecule has 0 bridgehead atoms. The van der Waals surface area contributed by atoms with Crippen molar-refractivity contribution in [3.8, 4) is 11.8 Å². The monoisotopic (exact) mass is 376 g/mol. The lowest BCUT2D eigenvalue weighted by atomic mass is 10.2. The van der Waals surface area contributed by atoms with Gasteiger partial charge in [-0.05, 0) is 24.3 Å². The molecule has 4 nitrogen and oxygen atoms in total. The number of aromatic nitrogens is 1. The van der Waals surface area contributed by atoms with Crippen LogP contribution in [0.4, 0.5) is 0 Å². The summed E-state index contributed by atoms with van der Waals surface area (Å²) in [6.07, 6.45) is 0. The predicted octanol–water partition coefficient (Wildman–Crippen LogP) is 5.47. The highest BCUT2D eigenvalue weighted by Gasteiger charge is 2.15. The number of rotatable bonds is 4. The number of para-hydroxylation sites is 1. The first-order valence-electron chi connectivity index (χ1n) is 6.84. The standard InChI is InChI=1S/C17H10Cl2N2O2S/c18-10-5-6-12(19)15(7-10)23-9-14(22)11(8-20)17-21-13-3-1-2-4-16(13)24-17/h1-7,22H,9H2/b14-11-. The molecule has 24 heavy (non-hydrogen) atoms. The molecular formula is C17H10Cl2N2O2S. The van der Waals surface area contributed by atoms with Crippen LogP contribution in [0.15, 0.2) is 48.2 Å². The van der Waals surface area contributed by atoms with Crippen LogP contribution >= 0.6 is 34.5 Å². The normalized spacial score (nSPS) is 11.9. The SMILES string of the molecule is N#C/C(=C(/O)COc1cc(Cl)ccc1Cl)c1nc2ccccc2s1. The Labute approximate surface area is 152 Å². The minimum absolute atomic E-state index is 0.0781. The fourth-order valence-electron chi connectivity index (χ4n) is 2.02. The molecule has 3 aromatic rings. The summed E-state index contributed by atoms with van der Waals surface area (Å²) in [7, 11) is 0. The number of allylic oxidation sites excluding steroid dienone is 1. The third-order valence-electron chi connectivity index (χ3n) is 3.17. The van der Waals surface area contributed by atoms with E-state index >= 15 is 0 Å². The van der Waals surface area contributed by atoms with Crippen LogP contribution in [-0.4, -0.2) is 16.7 Å². The van der Waals surface area contributed by atoms with Crippen molar-refractivity contribution in [2.24, 2.45) is 0 Å². The minimum atomic E-state index is -0.215. The van der Waals surface area contributed by atoms with Gasteiger partial charge < -0.3 is 9.84 Å². The van der Waals surface area contributed by atoms with Crippen LogP contribution in [-0.2, 0) is 0 Å². The number of halogens is 2. The Morgan fingerprint density at radius 1 is 1.25 bits per heavy atom. The molecule has 0 radical (unpaired) electrons. The first kappa shape index (κ1) is 16.6. The zero-order chi connectivity index (χ0) is 17.1. The van der Waals surface area contributed by atoms with E-state index in [4.69, 9.17) is 27.9 Å². The largest absolute Gasteiger partial charge is 0.507 e. The van der Waals surface area contributed by atoms with E-state index in [-0.39, 0.29) is 17.9 Å². The van der Waals surface area contributed by atoms with Crippen molar-refractivity contribution >= 4 is 50.3 Å². The van der Waals surface area contributed by atoms with E-state index in [1.807, 2.05) is 30.3 Å². The Morgan fingerprint density at radius 2 is 2.04 bits per heavy atom. The van der Waals surface area contributed by atoms with Gasteiger partial charge >= 0.3 is 0 Å². The molecule has 1 heterocycles. The molecule has 0 fully saturated rings. The van der Waals surface area contributed by atoms with Gasteiger partial charge in [0.05, 0.1) is 15.2 Å². The molecule has 120 valence electrons. The van der Waals surface area contributed by atoms with Crippen molar-refractivity contribution < 1.29 is 9.84 Å². The molecule has 0 unspecified atom stereocenters. The molecule has 7 heteroatoms. The van der Waals surface area contributed by atoms with E-state index in [1.165, 1.54) is 11.3 Å². The molecule has 0 aliphatic carbocycles. The number of fused-ring (bicyclic) bond motifs is 1. The first-order valence-corrected chi connectivity index (χ1v) is 8.41. The van der Waals surface area contributed by atoms with Crippen molar-refractivity contribution in [2.45, 2.75) is 0 Å². The third kappa shape index (κ3) is 3.46. The zero-order valence-corrected chi connectivity index (χ0v) is 14.5. The summed E-state index contributed by atoms with van der Waals surface area (Å²) in [5, 5.41) is 20.9. The van der Waals surface area contributed by atoms with Crippen LogP contribution in [0, 0.1) is 11.3 Å². The Balaban J connectivity index is 1.87. The fourth-order valence-corrected chi connectivity index (χ4v) is 3.34. The van der Waals surface area contributed by atoms with Crippen LogP contribution in [0.5, 0.6) is 5.75 Å². The molecule has 0 atom stereocenters. The number of nitriles is 1. The molecule has 0 saturated heterocycles. The second-order valence-corrected chi connectivity index (χ2v) is 6.66. The molecule has 0 aliphatic heterocycles. The van der Waals surface area contributed by atoms with E-state index in [0.29, 0.717) is 20.8 Å². The second kappa shape index (κ2) is 7.10. The maximum Gasteiger partial charge on any atom is 0.151 e. The van der Waals surface area contributed by atoms with Gasteiger partial charge in [0.1, 0.15) is 29.0 Å². The molecule has 0 spiro atoms. The first-order chi connectivity index (χ1) is 11.6. The van der Waals surface area contributed by atoms with Gasteiger partial charge in [0.2, 0.25) is 0 Å². The van der Waals surface area contributed by atoms with Gasteiger partial charge in [-0.3, -0.25) is 0 Å².